The minimum absolute atomic E-state index is 0.248. The third kappa shape index (κ3) is 2.53. The Kier molecular flexibility index (Phi) is 3.69. The molecule has 4 heteroatoms. The van der Waals surface area contributed by atoms with Crippen LogP contribution in [0.1, 0.15) is 16.8 Å². The number of nitrogens with zero attached hydrogens (tertiary/aromatic N) is 2. The van der Waals surface area contributed by atoms with Crippen molar-refractivity contribution in [3.05, 3.63) is 95.0 Å². The van der Waals surface area contributed by atoms with Crippen molar-refractivity contribution < 1.29 is 5.11 Å². The summed E-state index contributed by atoms with van der Waals surface area (Å²) >= 11 is 5.94. The van der Waals surface area contributed by atoms with Crippen LogP contribution < -0.4 is 0 Å². The fourth-order valence-corrected chi connectivity index (χ4v) is 2.49. The normalized spacial score (nSPS) is 11.3. The zero-order chi connectivity index (χ0) is 14.7. The zero-order valence-corrected chi connectivity index (χ0v) is 11.9. The standard InChI is InChI=1S/C17H13ClN2O/c18-16-12-19-11-15(20-16)17(21,13-7-3-1-4-8-13)14-9-5-2-6-10-14/h1-12,21H. The van der Waals surface area contributed by atoms with Gasteiger partial charge in [0, 0.05) is 0 Å². The first kappa shape index (κ1) is 13.7. The summed E-state index contributed by atoms with van der Waals surface area (Å²) in [4.78, 5) is 8.30. The van der Waals surface area contributed by atoms with Gasteiger partial charge in [-0.15, -0.1) is 0 Å². The van der Waals surface area contributed by atoms with Crippen LogP contribution in [0.5, 0.6) is 0 Å². The van der Waals surface area contributed by atoms with E-state index in [-0.39, 0.29) is 5.15 Å². The van der Waals surface area contributed by atoms with E-state index in [1.807, 2.05) is 60.7 Å². The number of benzene rings is 2. The maximum absolute atomic E-state index is 11.4. The molecular formula is C17H13ClN2O. The van der Waals surface area contributed by atoms with Crippen LogP contribution in [0.25, 0.3) is 0 Å². The molecule has 0 amide bonds. The Morgan fingerprint density at radius 2 is 1.33 bits per heavy atom. The Bertz CT molecular complexity index is 693. The summed E-state index contributed by atoms with van der Waals surface area (Å²) < 4.78 is 0. The summed E-state index contributed by atoms with van der Waals surface area (Å²) in [6.45, 7) is 0. The summed E-state index contributed by atoms with van der Waals surface area (Å²) in [5.74, 6) is 0. The molecule has 0 spiro atoms. The first-order valence-electron chi connectivity index (χ1n) is 6.52. The van der Waals surface area contributed by atoms with Gasteiger partial charge in [0.2, 0.25) is 0 Å². The molecule has 0 aliphatic rings. The first-order valence-corrected chi connectivity index (χ1v) is 6.90. The van der Waals surface area contributed by atoms with Crippen LogP contribution in [-0.2, 0) is 5.60 Å². The van der Waals surface area contributed by atoms with Gasteiger partial charge in [0.15, 0.2) is 5.60 Å². The smallest absolute Gasteiger partial charge is 0.158 e. The summed E-state index contributed by atoms with van der Waals surface area (Å²) in [7, 11) is 0. The maximum atomic E-state index is 11.4. The van der Waals surface area contributed by atoms with Gasteiger partial charge in [-0.3, -0.25) is 4.98 Å². The SMILES string of the molecule is OC(c1ccccc1)(c1ccccc1)c1cncc(Cl)n1. The van der Waals surface area contributed by atoms with Crippen molar-refractivity contribution in [2.45, 2.75) is 5.60 Å². The zero-order valence-electron chi connectivity index (χ0n) is 11.1. The molecule has 0 saturated heterocycles. The van der Waals surface area contributed by atoms with Gasteiger partial charge in [0.25, 0.3) is 0 Å². The van der Waals surface area contributed by atoms with E-state index in [1.54, 1.807) is 0 Å². The molecule has 3 nitrogen and oxygen atoms in total. The summed E-state index contributed by atoms with van der Waals surface area (Å²) in [6.07, 6.45) is 2.98. The van der Waals surface area contributed by atoms with Crippen LogP contribution in [0.3, 0.4) is 0 Å². The molecule has 0 unspecified atom stereocenters. The Morgan fingerprint density at radius 1 is 0.810 bits per heavy atom. The Balaban J connectivity index is 2.25. The average Bonchev–Trinajstić information content (AvgIpc) is 2.56. The molecule has 2 aromatic carbocycles. The molecule has 3 aromatic rings. The van der Waals surface area contributed by atoms with Crippen molar-refractivity contribution >= 4 is 11.6 Å². The van der Waals surface area contributed by atoms with Gasteiger partial charge < -0.3 is 5.11 Å². The monoisotopic (exact) mass is 296 g/mol. The lowest BCUT2D eigenvalue weighted by Gasteiger charge is -2.28. The largest absolute Gasteiger partial charge is 0.374 e. The molecule has 0 radical (unpaired) electrons. The minimum atomic E-state index is -1.39. The number of aromatic nitrogens is 2. The predicted octanol–water partition coefficient (Wildman–Crippen LogP) is 3.41. The van der Waals surface area contributed by atoms with Gasteiger partial charge in [0.1, 0.15) is 10.8 Å². The average molecular weight is 297 g/mol. The Labute approximate surface area is 127 Å². The van der Waals surface area contributed by atoms with E-state index in [4.69, 9.17) is 11.6 Å². The van der Waals surface area contributed by atoms with Gasteiger partial charge >= 0.3 is 0 Å². The molecule has 0 saturated carbocycles. The van der Waals surface area contributed by atoms with Crippen LogP contribution in [-0.4, -0.2) is 15.1 Å². The Morgan fingerprint density at radius 3 is 1.81 bits per heavy atom. The molecule has 1 N–H and O–H groups in total. The second-order valence-electron chi connectivity index (χ2n) is 4.67. The van der Waals surface area contributed by atoms with Crippen LogP contribution >= 0.6 is 11.6 Å². The quantitative estimate of drug-likeness (QED) is 0.805. The molecule has 0 fully saturated rings. The van der Waals surface area contributed by atoms with E-state index >= 15 is 0 Å². The summed E-state index contributed by atoms with van der Waals surface area (Å²) in [5.41, 5.74) is 0.438. The van der Waals surface area contributed by atoms with Gasteiger partial charge in [-0.2, -0.15) is 0 Å². The number of hydrogen-bond donors (Lipinski definition) is 1. The molecule has 0 aliphatic carbocycles. The minimum Gasteiger partial charge on any atom is -0.374 e. The highest BCUT2D eigenvalue weighted by Crippen LogP contribution is 2.35. The topological polar surface area (TPSA) is 46.0 Å². The summed E-state index contributed by atoms with van der Waals surface area (Å²) in [6, 6.07) is 18.7. The van der Waals surface area contributed by atoms with E-state index in [0.717, 1.165) is 0 Å². The van der Waals surface area contributed by atoms with Crippen LogP contribution in [0.2, 0.25) is 5.15 Å². The van der Waals surface area contributed by atoms with E-state index < -0.39 is 5.60 Å². The van der Waals surface area contributed by atoms with Crippen molar-refractivity contribution in [3.63, 3.8) is 0 Å². The van der Waals surface area contributed by atoms with Crippen molar-refractivity contribution in [1.82, 2.24) is 9.97 Å². The molecule has 1 aromatic heterocycles. The number of hydrogen-bond acceptors (Lipinski definition) is 3. The van der Waals surface area contributed by atoms with Gasteiger partial charge in [-0.1, -0.05) is 72.3 Å². The third-order valence-electron chi connectivity index (χ3n) is 3.36. The van der Waals surface area contributed by atoms with Gasteiger partial charge in [-0.05, 0) is 11.1 Å². The second-order valence-corrected chi connectivity index (χ2v) is 5.06. The van der Waals surface area contributed by atoms with Crippen LogP contribution in [0, 0.1) is 0 Å². The fraction of sp³-hybridized carbons (Fsp3) is 0.0588. The van der Waals surface area contributed by atoms with Crippen molar-refractivity contribution in [3.8, 4) is 0 Å². The molecule has 0 bridgehead atoms. The molecule has 0 aliphatic heterocycles. The van der Waals surface area contributed by atoms with Crippen molar-refractivity contribution in [2.75, 3.05) is 0 Å². The summed E-state index contributed by atoms with van der Waals surface area (Å²) in [5, 5.41) is 11.6. The highest BCUT2D eigenvalue weighted by Gasteiger charge is 2.35. The molecule has 0 atom stereocenters. The van der Waals surface area contributed by atoms with E-state index in [2.05, 4.69) is 9.97 Å². The van der Waals surface area contributed by atoms with Crippen molar-refractivity contribution in [2.24, 2.45) is 0 Å². The van der Waals surface area contributed by atoms with Crippen molar-refractivity contribution in [1.29, 1.82) is 0 Å². The fourth-order valence-electron chi connectivity index (χ4n) is 2.34. The highest BCUT2D eigenvalue weighted by atomic mass is 35.5. The van der Waals surface area contributed by atoms with Gasteiger partial charge in [0.05, 0.1) is 12.4 Å². The second kappa shape index (κ2) is 5.64. The van der Waals surface area contributed by atoms with Crippen LogP contribution in [0.4, 0.5) is 0 Å². The molecule has 3 rings (SSSR count). The predicted molar refractivity (Wildman–Crippen MR) is 82.0 cm³/mol. The lowest BCUT2D eigenvalue weighted by atomic mass is 9.84. The van der Waals surface area contributed by atoms with E-state index in [9.17, 15) is 5.11 Å². The molecule has 104 valence electrons. The number of rotatable bonds is 3. The van der Waals surface area contributed by atoms with E-state index in [1.165, 1.54) is 12.4 Å². The lowest BCUT2D eigenvalue weighted by molar-refractivity contribution is 0.120. The van der Waals surface area contributed by atoms with E-state index in [0.29, 0.717) is 16.8 Å². The van der Waals surface area contributed by atoms with Gasteiger partial charge in [-0.25, -0.2) is 4.98 Å². The maximum Gasteiger partial charge on any atom is 0.158 e. The lowest BCUT2D eigenvalue weighted by Crippen LogP contribution is -2.30. The number of halogens is 1. The third-order valence-corrected chi connectivity index (χ3v) is 3.54. The first-order chi connectivity index (χ1) is 10.2. The molecule has 1 heterocycles. The molecular weight excluding hydrogens is 284 g/mol. The molecule has 21 heavy (non-hydrogen) atoms. The Hall–Kier alpha value is -2.23. The number of aliphatic hydroxyl groups is 1. The van der Waals surface area contributed by atoms with Crippen LogP contribution in [0.15, 0.2) is 73.1 Å². The highest BCUT2D eigenvalue weighted by molar-refractivity contribution is 6.29.